The van der Waals surface area contributed by atoms with Crippen molar-refractivity contribution < 1.29 is 0 Å². The van der Waals surface area contributed by atoms with Gasteiger partial charge < -0.3 is 9.47 Å². The molecule has 3 rings (SSSR count). The molecule has 0 N–H and O–H groups in total. The second-order valence-electron chi connectivity index (χ2n) is 6.03. The molecule has 2 aromatic rings. The molecular weight excluding hydrogens is 246 g/mol. The fourth-order valence-electron chi connectivity index (χ4n) is 3.40. The van der Waals surface area contributed by atoms with Crippen LogP contribution in [0, 0.1) is 6.92 Å². The van der Waals surface area contributed by atoms with Gasteiger partial charge in [0.05, 0.1) is 11.0 Å². The molecule has 0 saturated carbocycles. The van der Waals surface area contributed by atoms with Crippen molar-refractivity contribution in [1.29, 1.82) is 0 Å². The normalized spacial score (nSPS) is 20.6. The van der Waals surface area contributed by atoms with Crippen molar-refractivity contribution in [3.8, 4) is 0 Å². The Bertz CT molecular complexity index is 573. The van der Waals surface area contributed by atoms with E-state index in [1.165, 1.54) is 44.3 Å². The quantitative estimate of drug-likeness (QED) is 0.847. The van der Waals surface area contributed by atoms with E-state index in [9.17, 15) is 0 Å². The lowest BCUT2D eigenvalue weighted by molar-refractivity contribution is 0.157. The Kier molecular flexibility index (Phi) is 4.06. The Morgan fingerprint density at radius 2 is 2.05 bits per heavy atom. The molecule has 1 aliphatic heterocycles. The van der Waals surface area contributed by atoms with Gasteiger partial charge in [0.1, 0.15) is 5.82 Å². The van der Waals surface area contributed by atoms with Crippen LogP contribution in [0.25, 0.3) is 11.0 Å². The maximum absolute atomic E-state index is 4.64. The summed E-state index contributed by atoms with van der Waals surface area (Å²) >= 11 is 0. The first-order valence-corrected chi connectivity index (χ1v) is 7.91. The number of likely N-dealkylation sites (tertiary alicyclic amines) is 1. The van der Waals surface area contributed by atoms with E-state index >= 15 is 0 Å². The van der Waals surface area contributed by atoms with Crippen LogP contribution in [-0.2, 0) is 6.54 Å². The number of hydrogen-bond acceptors (Lipinski definition) is 2. The molecular formula is C17H25N3. The highest BCUT2D eigenvalue weighted by molar-refractivity contribution is 5.75. The van der Waals surface area contributed by atoms with Crippen LogP contribution in [0.1, 0.15) is 38.4 Å². The first-order valence-electron chi connectivity index (χ1n) is 7.91. The lowest BCUT2D eigenvalue weighted by Gasteiger charge is -2.33. The zero-order chi connectivity index (χ0) is 13.9. The van der Waals surface area contributed by atoms with Crippen LogP contribution in [0.3, 0.4) is 0 Å². The summed E-state index contributed by atoms with van der Waals surface area (Å²) in [6.45, 7) is 8.06. The predicted molar refractivity (Wildman–Crippen MR) is 84.0 cm³/mol. The standard InChI is InChI=1S/C17H25N3/c1-14-8-5-6-11-19(14)12-7-13-20-15(2)18-16-9-3-4-10-17(16)20/h3-4,9-10,14H,5-8,11-13H2,1-2H3. The summed E-state index contributed by atoms with van der Waals surface area (Å²) in [5, 5.41) is 0. The summed E-state index contributed by atoms with van der Waals surface area (Å²) in [6, 6.07) is 9.22. The van der Waals surface area contributed by atoms with Gasteiger partial charge in [-0.25, -0.2) is 4.98 Å². The SMILES string of the molecule is Cc1nc2ccccc2n1CCCN1CCCCC1C. The maximum atomic E-state index is 4.64. The number of para-hydroxylation sites is 2. The van der Waals surface area contributed by atoms with Crippen LogP contribution in [0.15, 0.2) is 24.3 Å². The van der Waals surface area contributed by atoms with Gasteiger partial charge in [0.15, 0.2) is 0 Å². The molecule has 0 radical (unpaired) electrons. The minimum atomic E-state index is 0.768. The summed E-state index contributed by atoms with van der Waals surface area (Å²) < 4.78 is 2.37. The molecule has 3 nitrogen and oxygen atoms in total. The first kappa shape index (κ1) is 13.6. The van der Waals surface area contributed by atoms with E-state index in [2.05, 4.69) is 52.6 Å². The third-order valence-electron chi connectivity index (χ3n) is 4.61. The van der Waals surface area contributed by atoms with E-state index in [0.717, 1.165) is 23.9 Å². The number of piperidine rings is 1. The van der Waals surface area contributed by atoms with Gasteiger partial charge in [-0.2, -0.15) is 0 Å². The fraction of sp³-hybridized carbons (Fsp3) is 0.588. The fourth-order valence-corrected chi connectivity index (χ4v) is 3.40. The second-order valence-corrected chi connectivity index (χ2v) is 6.03. The maximum Gasteiger partial charge on any atom is 0.106 e. The van der Waals surface area contributed by atoms with Gasteiger partial charge in [0, 0.05) is 19.1 Å². The van der Waals surface area contributed by atoms with Crippen molar-refractivity contribution in [2.45, 2.75) is 52.1 Å². The molecule has 0 aliphatic carbocycles. The highest BCUT2D eigenvalue weighted by atomic mass is 15.2. The summed E-state index contributed by atoms with van der Waals surface area (Å²) in [6.07, 6.45) is 5.36. The van der Waals surface area contributed by atoms with E-state index in [4.69, 9.17) is 0 Å². The van der Waals surface area contributed by atoms with Crippen molar-refractivity contribution in [2.24, 2.45) is 0 Å². The van der Waals surface area contributed by atoms with E-state index < -0.39 is 0 Å². The molecule has 1 fully saturated rings. The minimum Gasteiger partial charge on any atom is -0.328 e. The van der Waals surface area contributed by atoms with Crippen molar-refractivity contribution in [3.05, 3.63) is 30.1 Å². The highest BCUT2D eigenvalue weighted by Crippen LogP contribution is 2.18. The molecule has 108 valence electrons. The number of aromatic nitrogens is 2. The summed E-state index contributed by atoms with van der Waals surface area (Å²) in [7, 11) is 0. The molecule has 3 heteroatoms. The topological polar surface area (TPSA) is 21.1 Å². The molecule has 1 aromatic carbocycles. The third kappa shape index (κ3) is 2.73. The molecule has 2 heterocycles. The van der Waals surface area contributed by atoms with Gasteiger partial charge in [-0.3, -0.25) is 0 Å². The van der Waals surface area contributed by atoms with Crippen molar-refractivity contribution in [1.82, 2.24) is 14.5 Å². The first-order chi connectivity index (χ1) is 9.75. The van der Waals surface area contributed by atoms with E-state index in [-0.39, 0.29) is 0 Å². The van der Waals surface area contributed by atoms with Crippen LogP contribution in [0.5, 0.6) is 0 Å². The molecule has 1 aliphatic rings. The van der Waals surface area contributed by atoms with Crippen LogP contribution in [0.4, 0.5) is 0 Å². The largest absolute Gasteiger partial charge is 0.328 e. The number of rotatable bonds is 4. The average molecular weight is 271 g/mol. The van der Waals surface area contributed by atoms with Crippen molar-refractivity contribution in [3.63, 3.8) is 0 Å². The van der Waals surface area contributed by atoms with Gasteiger partial charge in [0.25, 0.3) is 0 Å². The van der Waals surface area contributed by atoms with Gasteiger partial charge in [-0.1, -0.05) is 18.6 Å². The number of nitrogens with zero attached hydrogens (tertiary/aromatic N) is 3. The molecule has 0 spiro atoms. The number of aryl methyl sites for hydroxylation is 2. The molecule has 0 bridgehead atoms. The van der Waals surface area contributed by atoms with E-state index in [1.807, 2.05) is 0 Å². The van der Waals surface area contributed by atoms with Crippen LogP contribution in [0.2, 0.25) is 0 Å². The zero-order valence-corrected chi connectivity index (χ0v) is 12.7. The Hall–Kier alpha value is -1.35. The van der Waals surface area contributed by atoms with E-state index in [0.29, 0.717) is 0 Å². The monoisotopic (exact) mass is 271 g/mol. The lowest BCUT2D eigenvalue weighted by Crippen LogP contribution is -2.38. The lowest BCUT2D eigenvalue weighted by atomic mass is 10.0. The molecule has 0 amide bonds. The minimum absolute atomic E-state index is 0.768. The smallest absolute Gasteiger partial charge is 0.106 e. The van der Waals surface area contributed by atoms with Gasteiger partial charge in [-0.05, 0) is 51.8 Å². The summed E-state index contributed by atoms with van der Waals surface area (Å²) in [5.74, 6) is 1.14. The average Bonchev–Trinajstić information content (AvgIpc) is 2.77. The molecule has 1 saturated heterocycles. The van der Waals surface area contributed by atoms with Crippen LogP contribution in [-0.4, -0.2) is 33.6 Å². The second kappa shape index (κ2) is 5.96. The number of imidazole rings is 1. The third-order valence-corrected chi connectivity index (χ3v) is 4.61. The van der Waals surface area contributed by atoms with Crippen LogP contribution >= 0.6 is 0 Å². The van der Waals surface area contributed by atoms with Gasteiger partial charge >= 0.3 is 0 Å². The van der Waals surface area contributed by atoms with Gasteiger partial charge in [0.2, 0.25) is 0 Å². The Morgan fingerprint density at radius 3 is 2.90 bits per heavy atom. The molecule has 1 aromatic heterocycles. The predicted octanol–water partition coefficient (Wildman–Crippen LogP) is 3.61. The van der Waals surface area contributed by atoms with Gasteiger partial charge in [-0.15, -0.1) is 0 Å². The molecule has 1 atom stereocenters. The Balaban J connectivity index is 1.63. The summed E-state index contributed by atoms with van der Waals surface area (Å²) in [5.41, 5.74) is 2.40. The van der Waals surface area contributed by atoms with Crippen molar-refractivity contribution in [2.75, 3.05) is 13.1 Å². The number of hydrogen-bond donors (Lipinski definition) is 0. The highest BCUT2D eigenvalue weighted by Gasteiger charge is 2.17. The number of fused-ring (bicyclic) bond motifs is 1. The molecule has 1 unspecified atom stereocenters. The summed E-state index contributed by atoms with van der Waals surface area (Å²) in [4.78, 5) is 7.29. The van der Waals surface area contributed by atoms with Crippen molar-refractivity contribution >= 4 is 11.0 Å². The Labute approximate surface area is 121 Å². The van der Waals surface area contributed by atoms with E-state index in [1.54, 1.807) is 0 Å². The Morgan fingerprint density at radius 1 is 1.20 bits per heavy atom. The zero-order valence-electron chi connectivity index (χ0n) is 12.7. The number of benzene rings is 1. The van der Waals surface area contributed by atoms with Crippen LogP contribution < -0.4 is 0 Å². The molecule has 20 heavy (non-hydrogen) atoms.